The van der Waals surface area contributed by atoms with E-state index in [2.05, 4.69) is 5.32 Å². The highest BCUT2D eigenvalue weighted by atomic mass is 32.5. The van der Waals surface area contributed by atoms with E-state index in [0.717, 1.165) is 6.07 Å². The van der Waals surface area contributed by atoms with Crippen molar-refractivity contribution in [1.29, 1.82) is 5.26 Å². The molecule has 2 rings (SSSR count). The van der Waals surface area contributed by atoms with Crippen molar-refractivity contribution in [1.82, 2.24) is 5.32 Å². The Hall–Kier alpha value is -3.21. The van der Waals surface area contributed by atoms with Gasteiger partial charge in [0.1, 0.15) is 28.0 Å². The van der Waals surface area contributed by atoms with Gasteiger partial charge in [-0.3, -0.25) is 4.79 Å². The number of nitriles is 1. The number of hydrogen-bond donors (Lipinski definition) is 1. The molecular formula is C19H16F8N2O3S. The van der Waals surface area contributed by atoms with Crippen LogP contribution in [0.5, 0.6) is 11.5 Å². The van der Waals surface area contributed by atoms with E-state index in [1.165, 1.54) is 13.2 Å². The standard InChI is InChI=1S/C19H16F8N2O3S/c1-31-13-4-7-17(16(10-13)19(20,21)22)32-14(11-28)8-9-29-18(30)12-2-5-15(6-3-12)33(23,24,25,26)27/h2-7,10,14H,8-9H2,1H3,(H,29,30). The second kappa shape index (κ2) is 8.29. The first-order valence-corrected chi connectivity index (χ1v) is 10.8. The molecule has 5 nitrogen and oxygen atoms in total. The van der Waals surface area contributed by atoms with Crippen LogP contribution in [0.4, 0.5) is 32.6 Å². The van der Waals surface area contributed by atoms with Gasteiger partial charge in [0.2, 0.25) is 0 Å². The van der Waals surface area contributed by atoms with E-state index in [4.69, 9.17) is 14.7 Å². The Bertz CT molecular complexity index is 1060. The van der Waals surface area contributed by atoms with Crippen molar-refractivity contribution >= 4 is 16.1 Å². The van der Waals surface area contributed by atoms with Gasteiger partial charge in [-0.25, -0.2) is 0 Å². The molecule has 0 fully saturated rings. The third-order valence-electron chi connectivity index (χ3n) is 4.16. The molecule has 2 aromatic rings. The van der Waals surface area contributed by atoms with Crippen molar-refractivity contribution in [2.45, 2.75) is 23.6 Å². The SMILES string of the molecule is COc1ccc(OC(C#N)CCNC(=O)c2ccc(S(F)(F)(F)(F)F)cc2)c(C(F)(F)F)c1. The Balaban J connectivity index is 2.03. The predicted octanol–water partition coefficient (Wildman–Crippen LogP) is 6.46. The molecule has 1 amide bonds. The molecule has 0 aliphatic heterocycles. The average molecular weight is 504 g/mol. The second-order valence-corrected chi connectivity index (χ2v) is 9.04. The molecule has 0 bridgehead atoms. The second-order valence-electron chi connectivity index (χ2n) is 6.63. The van der Waals surface area contributed by atoms with Crippen LogP contribution in [-0.2, 0) is 6.18 Å². The number of carbonyl (C=O) groups is 1. The molecule has 1 N–H and O–H groups in total. The Kier molecular flexibility index (Phi) is 6.54. The number of carbonyl (C=O) groups excluding carboxylic acids is 1. The number of methoxy groups -OCH3 is 1. The first kappa shape index (κ1) is 26.0. The highest BCUT2D eigenvalue weighted by Gasteiger charge is 2.65. The van der Waals surface area contributed by atoms with Gasteiger partial charge in [-0.15, -0.1) is 0 Å². The van der Waals surface area contributed by atoms with E-state index in [1.807, 2.05) is 0 Å². The van der Waals surface area contributed by atoms with E-state index in [0.29, 0.717) is 18.2 Å². The van der Waals surface area contributed by atoms with Crippen LogP contribution in [0.15, 0.2) is 47.4 Å². The summed E-state index contributed by atoms with van der Waals surface area (Å²) in [7, 11) is -8.71. The topological polar surface area (TPSA) is 71.3 Å². The maximum absolute atomic E-state index is 13.2. The van der Waals surface area contributed by atoms with Crippen LogP contribution in [0.25, 0.3) is 0 Å². The number of benzene rings is 2. The van der Waals surface area contributed by atoms with Crippen molar-refractivity contribution in [2.75, 3.05) is 13.7 Å². The molecule has 1 unspecified atom stereocenters. The minimum atomic E-state index is -9.88. The summed E-state index contributed by atoms with van der Waals surface area (Å²) in [6.45, 7) is -0.308. The lowest BCUT2D eigenvalue weighted by molar-refractivity contribution is -0.139. The zero-order chi connectivity index (χ0) is 25.1. The Morgan fingerprint density at radius 1 is 1.09 bits per heavy atom. The Labute approximate surface area is 182 Å². The summed E-state index contributed by atoms with van der Waals surface area (Å²) in [6, 6.07) is 5.70. The van der Waals surface area contributed by atoms with E-state index in [1.54, 1.807) is 6.07 Å². The summed E-state index contributed by atoms with van der Waals surface area (Å²) >= 11 is 0. The van der Waals surface area contributed by atoms with E-state index < -0.39 is 44.6 Å². The highest BCUT2D eigenvalue weighted by molar-refractivity contribution is 8.45. The molecule has 0 aromatic heterocycles. The van der Waals surface area contributed by atoms with Crippen molar-refractivity contribution in [3.8, 4) is 17.6 Å². The largest absolute Gasteiger partial charge is 0.497 e. The molecule has 0 aliphatic rings. The Morgan fingerprint density at radius 2 is 1.70 bits per heavy atom. The fourth-order valence-corrected chi connectivity index (χ4v) is 3.20. The van der Waals surface area contributed by atoms with Gasteiger partial charge in [-0.1, -0.05) is 19.4 Å². The number of ether oxygens (including phenoxy) is 2. The predicted molar refractivity (Wildman–Crippen MR) is 103 cm³/mol. The molecule has 0 saturated heterocycles. The maximum atomic E-state index is 13.2. The van der Waals surface area contributed by atoms with E-state index in [9.17, 15) is 37.4 Å². The van der Waals surface area contributed by atoms with Crippen LogP contribution >= 0.6 is 10.2 Å². The number of amides is 1. The smallest absolute Gasteiger partial charge is 0.420 e. The van der Waals surface area contributed by atoms with Crippen molar-refractivity contribution < 1.29 is 46.9 Å². The molecular weight excluding hydrogens is 488 g/mol. The highest BCUT2D eigenvalue weighted by Crippen LogP contribution is 3.02. The van der Waals surface area contributed by atoms with Crippen molar-refractivity contribution in [3.05, 3.63) is 53.6 Å². The number of nitrogens with one attached hydrogen (secondary N) is 1. The van der Waals surface area contributed by atoms with Gasteiger partial charge in [-0.05, 0) is 42.5 Å². The van der Waals surface area contributed by atoms with Crippen LogP contribution in [-0.4, -0.2) is 25.7 Å². The number of alkyl halides is 3. The lowest BCUT2D eigenvalue weighted by Gasteiger charge is -2.40. The van der Waals surface area contributed by atoms with Crippen molar-refractivity contribution in [3.63, 3.8) is 0 Å². The molecule has 33 heavy (non-hydrogen) atoms. The van der Waals surface area contributed by atoms with Crippen LogP contribution < -0.4 is 14.8 Å². The van der Waals surface area contributed by atoms with Gasteiger partial charge < -0.3 is 14.8 Å². The molecule has 1 atom stereocenters. The molecule has 0 radical (unpaired) electrons. The zero-order valence-electron chi connectivity index (χ0n) is 16.6. The van der Waals surface area contributed by atoms with Crippen molar-refractivity contribution in [2.24, 2.45) is 0 Å². The maximum Gasteiger partial charge on any atom is 0.420 e. The minimum absolute atomic E-state index is 0.0694. The van der Waals surface area contributed by atoms with Gasteiger partial charge in [0.15, 0.2) is 6.10 Å². The van der Waals surface area contributed by atoms with Gasteiger partial charge >= 0.3 is 16.4 Å². The van der Waals surface area contributed by atoms with Gasteiger partial charge in [0.05, 0.1) is 7.11 Å². The number of nitrogens with zero attached hydrogens (tertiary/aromatic N) is 1. The average Bonchev–Trinajstić information content (AvgIpc) is 2.70. The molecule has 0 spiro atoms. The number of rotatable bonds is 8. The molecule has 2 aromatic carbocycles. The van der Waals surface area contributed by atoms with Gasteiger partial charge in [0.25, 0.3) is 5.91 Å². The monoisotopic (exact) mass is 504 g/mol. The molecule has 0 heterocycles. The third-order valence-corrected chi connectivity index (χ3v) is 5.32. The van der Waals surface area contributed by atoms with E-state index in [-0.39, 0.29) is 36.4 Å². The van der Waals surface area contributed by atoms with Crippen LogP contribution in [0.1, 0.15) is 22.3 Å². The molecule has 182 valence electrons. The normalized spacial score (nSPS) is 14.9. The fraction of sp³-hybridized carbons (Fsp3) is 0.263. The third kappa shape index (κ3) is 7.14. The number of hydrogen-bond acceptors (Lipinski definition) is 4. The summed E-state index contributed by atoms with van der Waals surface area (Å²) in [5.74, 6) is -1.68. The van der Waals surface area contributed by atoms with E-state index >= 15 is 0 Å². The summed E-state index contributed by atoms with van der Waals surface area (Å²) < 4.78 is 113. The van der Waals surface area contributed by atoms with Crippen LogP contribution in [0, 0.1) is 11.3 Å². The lowest BCUT2D eigenvalue weighted by atomic mass is 10.1. The molecule has 0 aliphatic carbocycles. The summed E-state index contributed by atoms with van der Waals surface area (Å²) in [4.78, 5) is 9.83. The zero-order valence-corrected chi connectivity index (χ0v) is 17.5. The Morgan fingerprint density at radius 3 is 2.18 bits per heavy atom. The fourth-order valence-electron chi connectivity index (χ4n) is 2.55. The van der Waals surface area contributed by atoms with Crippen LogP contribution in [0.2, 0.25) is 0 Å². The lowest BCUT2D eigenvalue weighted by Crippen LogP contribution is -2.29. The number of halogens is 8. The van der Waals surface area contributed by atoms with Crippen LogP contribution in [0.3, 0.4) is 0 Å². The quantitative estimate of drug-likeness (QED) is 0.419. The van der Waals surface area contributed by atoms with Gasteiger partial charge in [0, 0.05) is 18.5 Å². The summed E-state index contributed by atoms with van der Waals surface area (Å²) in [6.07, 6.45) is -6.51. The molecule has 14 heteroatoms. The molecule has 0 saturated carbocycles. The summed E-state index contributed by atoms with van der Waals surface area (Å²) in [5, 5.41) is 11.4. The first-order chi connectivity index (χ1) is 14.9. The summed E-state index contributed by atoms with van der Waals surface area (Å²) in [5.41, 5.74) is -1.56. The minimum Gasteiger partial charge on any atom is -0.497 e. The first-order valence-electron chi connectivity index (χ1n) is 8.88. The van der Waals surface area contributed by atoms with Gasteiger partial charge in [-0.2, -0.15) is 18.4 Å².